The van der Waals surface area contributed by atoms with Crippen molar-refractivity contribution in [3.8, 4) is 17.2 Å². The first-order valence-corrected chi connectivity index (χ1v) is 8.14. The van der Waals surface area contributed by atoms with E-state index in [0.29, 0.717) is 35.8 Å². The van der Waals surface area contributed by atoms with Crippen LogP contribution in [0.4, 0.5) is 0 Å². The summed E-state index contributed by atoms with van der Waals surface area (Å²) in [6.45, 7) is 4.51. The molecule has 2 aromatic carbocycles. The Morgan fingerprint density at radius 2 is 1.72 bits per heavy atom. The van der Waals surface area contributed by atoms with Crippen molar-refractivity contribution in [2.45, 2.75) is 20.3 Å². The Kier molecular flexibility index (Phi) is 6.28. The van der Waals surface area contributed by atoms with Crippen LogP contribution in [-0.4, -0.2) is 33.8 Å². The van der Waals surface area contributed by atoms with Gasteiger partial charge in [0.2, 0.25) is 0 Å². The summed E-state index contributed by atoms with van der Waals surface area (Å²) in [6.07, 6.45) is 0.604. The van der Waals surface area contributed by atoms with Crippen LogP contribution in [0.25, 0.3) is 0 Å². The molecular weight excluding hydrogens is 318 g/mol. The van der Waals surface area contributed by atoms with Crippen LogP contribution >= 0.6 is 0 Å². The monoisotopic (exact) mass is 343 g/mol. The highest BCUT2D eigenvalue weighted by Crippen LogP contribution is 2.35. The number of hydrogen-bond acceptors (Lipinski definition) is 4. The molecule has 1 N–H and O–H groups in total. The molecule has 0 atom stereocenters. The molecular formula is C20H25NO4. The Hall–Kier alpha value is -2.69. The number of carbonyl (C=O) groups excluding carboxylic acids is 1. The SMILES string of the molecule is COc1cc(CCNC(=O)c2ccc(C)c(C)c2)c(OC)c(OC)c1. The molecule has 2 rings (SSSR count). The summed E-state index contributed by atoms with van der Waals surface area (Å²) in [5, 5.41) is 2.94. The van der Waals surface area contributed by atoms with Crippen LogP contribution in [0.3, 0.4) is 0 Å². The fourth-order valence-electron chi connectivity index (χ4n) is 2.61. The molecule has 134 valence electrons. The lowest BCUT2D eigenvalue weighted by molar-refractivity contribution is 0.0954. The van der Waals surface area contributed by atoms with Gasteiger partial charge in [0.15, 0.2) is 11.5 Å². The quantitative estimate of drug-likeness (QED) is 0.838. The Morgan fingerprint density at radius 3 is 2.32 bits per heavy atom. The molecule has 0 radical (unpaired) electrons. The molecule has 0 aliphatic carbocycles. The number of aryl methyl sites for hydroxylation is 2. The minimum absolute atomic E-state index is 0.0862. The first-order chi connectivity index (χ1) is 12.0. The summed E-state index contributed by atoms with van der Waals surface area (Å²) < 4.78 is 16.1. The summed E-state index contributed by atoms with van der Waals surface area (Å²) in [6, 6.07) is 9.37. The third kappa shape index (κ3) is 4.44. The fourth-order valence-corrected chi connectivity index (χ4v) is 2.61. The molecule has 0 heterocycles. The first kappa shape index (κ1) is 18.6. The van der Waals surface area contributed by atoms with Crippen LogP contribution in [-0.2, 0) is 6.42 Å². The van der Waals surface area contributed by atoms with E-state index >= 15 is 0 Å². The molecule has 0 bridgehead atoms. The molecule has 0 fully saturated rings. The molecule has 2 aromatic rings. The highest BCUT2D eigenvalue weighted by Gasteiger charge is 2.13. The Balaban J connectivity index is 2.08. The number of amides is 1. The standard InChI is InChI=1S/C20H25NO4/c1-13-6-7-16(10-14(13)2)20(22)21-9-8-15-11-17(23-3)12-18(24-4)19(15)25-5/h6-7,10-12H,8-9H2,1-5H3,(H,21,22). The van der Waals surface area contributed by atoms with E-state index in [1.807, 2.05) is 38.1 Å². The predicted octanol–water partition coefficient (Wildman–Crippen LogP) is 3.30. The summed E-state index contributed by atoms with van der Waals surface area (Å²) in [4.78, 5) is 12.3. The van der Waals surface area contributed by atoms with Gasteiger partial charge in [0, 0.05) is 23.7 Å². The van der Waals surface area contributed by atoms with Crippen LogP contribution in [0.2, 0.25) is 0 Å². The normalized spacial score (nSPS) is 10.3. The van der Waals surface area contributed by atoms with E-state index in [1.165, 1.54) is 5.56 Å². The summed E-state index contributed by atoms with van der Waals surface area (Å²) in [5.74, 6) is 1.87. The summed E-state index contributed by atoms with van der Waals surface area (Å²) >= 11 is 0. The van der Waals surface area contributed by atoms with Crippen molar-refractivity contribution in [3.63, 3.8) is 0 Å². The zero-order valence-corrected chi connectivity index (χ0v) is 15.4. The van der Waals surface area contributed by atoms with E-state index in [-0.39, 0.29) is 5.91 Å². The van der Waals surface area contributed by atoms with Crippen molar-refractivity contribution >= 4 is 5.91 Å². The Bertz CT molecular complexity index is 756. The van der Waals surface area contributed by atoms with Crippen molar-refractivity contribution in [1.29, 1.82) is 0 Å². The smallest absolute Gasteiger partial charge is 0.251 e. The van der Waals surface area contributed by atoms with Gasteiger partial charge in [-0.1, -0.05) is 6.07 Å². The van der Waals surface area contributed by atoms with Gasteiger partial charge >= 0.3 is 0 Å². The highest BCUT2D eigenvalue weighted by molar-refractivity contribution is 5.94. The van der Waals surface area contributed by atoms with Gasteiger partial charge in [0.1, 0.15) is 5.75 Å². The second kappa shape index (κ2) is 8.42. The number of ether oxygens (including phenoxy) is 3. The maximum absolute atomic E-state index is 12.3. The number of hydrogen-bond donors (Lipinski definition) is 1. The minimum Gasteiger partial charge on any atom is -0.497 e. The topological polar surface area (TPSA) is 56.8 Å². The Labute approximate surface area is 148 Å². The van der Waals surface area contributed by atoms with Gasteiger partial charge in [-0.15, -0.1) is 0 Å². The average Bonchev–Trinajstić information content (AvgIpc) is 2.62. The van der Waals surface area contributed by atoms with Gasteiger partial charge in [-0.05, 0) is 49.6 Å². The second-order valence-corrected chi connectivity index (χ2v) is 5.83. The molecule has 0 saturated heterocycles. The third-order valence-corrected chi connectivity index (χ3v) is 4.21. The molecule has 0 aliphatic rings. The molecule has 0 aromatic heterocycles. The van der Waals surface area contributed by atoms with Gasteiger partial charge in [-0.3, -0.25) is 4.79 Å². The van der Waals surface area contributed by atoms with Crippen molar-refractivity contribution in [1.82, 2.24) is 5.32 Å². The van der Waals surface area contributed by atoms with Crippen LogP contribution < -0.4 is 19.5 Å². The van der Waals surface area contributed by atoms with E-state index in [4.69, 9.17) is 14.2 Å². The van der Waals surface area contributed by atoms with Gasteiger partial charge < -0.3 is 19.5 Å². The van der Waals surface area contributed by atoms with Crippen molar-refractivity contribution < 1.29 is 19.0 Å². The molecule has 5 heteroatoms. The minimum atomic E-state index is -0.0862. The lowest BCUT2D eigenvalue weighted by atomic mass is 10.1. The zero-order chi connectivity index (χ0) is 18.4. The van der Waals surface area contributed by atoms with Crippen molar-refractivity contribution in [2.75, 3.05) is 27.9 Å². The summed E-state index contributed by atoms with van der Waals surface area (Å²) in [7, 11) is 4.79. The number of benzene rings is 2. The first-order valence-electron chi connectivity index (χ1n) is 8.14. The lowest BCUT2D eigenvalue weighted by Crippen LogP contribution is -2.26. The fraction of sp³-hybridized carbons (Fsp3) is 0.350. The summed E-state index contributed by atoms with van der Waals surface area (Å²) in [5.41, 5.74) is 3.86. The lowest BCUT2D eigenvalue weighted by Gasteiger charge is -2.15. The number of methoxy groups -OCH3 is 3. The van der Waals surface area contributed by atoms with E-state index in [9.17, 15) is 4.79 Å². The predicted molar refractivity (Wildman–Crippen MR) is 98.1 cm³/mol. The van der Waals surface area contributed by atoms with E-state index in [0.717, 1.165) is 11.1 Å². The molecule has 0 saturated carbocycles. The van der Waals surface area contributed by atoms with Crippen molar-refractivity contribution in [3.05, 3.63) is 52.6 Å². The second-order valence-electron chi connectivity index (χ2n) is 5.83. The van der Waals surface area contributed by atoms with E-state index < -0.39 is 0 Å². The maximum Gasteiger partial charge on any atom is 0.251 e. The van der Waals surface area contributed by atoms with Crippen LogP contribution in [0.5, 0.6) is 17.2 Å². The van der Waals surface area contributed by atoms with Crippen LogP contribution in [0.1, 0.15) is 27.0 Å². The van der Waals surface area contributed by atoms with Gasteiger partial charge in [0.25, 0.3) is 5.91 Å². The number of nitrogens with one attached hydrogen (secondary N) is 1. The Morgan fingerprint density at radius 1 is 0.960 bits per heavy atom. The van der Waals surface area contributed by atoms with Gasteiger partial charge in [-0.25, -0.2) is 0 Å². The van der Waals surface area contributed by atoms with E-state index in [1.54, 1.807) is 27.4 Å². The van der Waals surface area contributed by atoms with Gasteiger partial charge in [-0.2, -0.15) is 0 Å². The third-order valence-electron chi connectivity index (χ3n) is 4.21. The average molecular weight is 343 g/mol. The molecule has 1 amide bonds. The molecule has 0 aliphatic heterocycles. The molecule has 0 spiro atoms. The van der Waals surface area contributed by atoms with Crippen molar-refractivity contribution in [2.24, 2.45) is 0 Å². The molecule has 25 heavy (non-hydrogen) atoms. The van der Waals surface area contributed by atoms with Crippen LogP contribution in [0.15, 0.2) is 30.3 Å². The largest absolute Gasteiger partial charge is 0.497 e. The zero-order valence-electron chi connectivity index (χ0n) is 15.4. The van der Waals surface area contributed by atoms with Gasteiger partial charge in [0.05, 0.1) is 21.3 Å². The highest BCUT2D eigenvalue weighted by atomic mass is 16.5. The molecule has 0 unspecified atom stereocenters. The van der Waals surface area contributed by atoms with E-state index in [2.05, 4.69) is 5.32 Å². The molecule has 5 nitrogen and oxygen atoms in total. The maximum atomic E-state index is 12.3. The van der Waals surface area contributed by atoms with Crippen LogP contribution in [0, 0.1) is 13.8 Å². The number of carbonyl (C=O) groups is 1. The number of rotatable bonds is 7.